The molecule has 0 aromatic carbocycles. The molecule has 6 heteroatoms. The van der Waals surface area contributed by atoms with E-state index in [0.29, 0.717) is 11.5 Å². The standard InChI is InChI=1S/C17H25N5O/c1-7-22-13(6)15(12(5)21-22)11(4)19-17(23)14-8-9-18-16(20-14)10(2)3/h8-11H,7H2,1-6H3,(H,19,23)/t11-/m1/s1. The lowest BCUT2D eigenvalue weighted by atomic mass is 10.1. The fourth-order valence-corrected chi connectivity index (χ4v) is 2.77. The smallest absolute Gasteiger partial charge is 0.270 e. The molecule has 2 heterocycles. The van der Waals surface area contributed by atoms with E-state index in [-0.39, 0.29) is 17.9 Å². The van der Waals surface area contributed by atoms with Gasteiger partial charge >= 0.3 is 0 Å². The molecule has 0 unspecified atom stereocenters. The van der Waals surface area contributed by atoms with Crippen LogP contribution < -0.4 is 5.32 Å². The van der Waals surface area contributed by atoms with E-state index in [1.54, 1.807) is 12.3 Å². The van der Waals surface area contributed by atoms with E-state index >= 15 is 0 Å². The molecule has 0 saturated heterocycles. The first-order valence-corrected chi connectivity index (χ1v) is 8.02. The molecule has 23 heavy (non-hydrogen) atoms. The number of amides is 1. The SMILES string of the molecule is CCn1nc(C)c([C@@H](C)NC(=O)c2ccnc(C(C)C)n2)c1C. The summed E-state index contributed by atoms with van der Waals surface area (Å²) < 4.78 is 1.95. The molecule has 1 atom stereocenters. The van der Waals surface area contributed by atoms with Gasteiger partial charge in [0.15, 0.2) is 0 Å². The first kappa shape index (κ1) is 17.1. The van der Waals surface area contributed by atoms with Gasteiger partial charge in [0.25, 0.3) is 5.91 Å². The van der Waals surface area contributed by atoms with E-state index in [0.717, 1.165) is 23.5 Å². The van der Waals surface area contributed by atoms with Crippen molar-refractivity contribution in [1.29, 1.82) is 0 Å². The monoisotopic (exact) mass is 315 g/mol. The fraction of sp³-hybridized carbons (Fsp3) is 0.529. The predicted octanol–water partition coefficient (Wildman–Crippen LogP) is 2.92. The van der Waals surface area contributed by atoms with Crippen molar-refractivity contribution in [3.63, 3.8) is 0 Å². The highest BCUT2D eigenvalue weighted by atomic mass is 16.1. The summed E-state index contributed by atoms with van der Waals surface area (Å²) in [4.78, 5) is 21.0. The number of aryl methyl sites for hydroxylation is 2. The number of hydrogen-bond acceptors (Lipinski definition) is 4. The number of nitrogens with one attached hydrogen (secondary N) is 1. The molecule has 0 aliphatic carbocycles. The Labute approximate surface area is 137 Å². The predicted molar refractivity (Wildman–Crippen MR) is 89.4 cm³/mol. The second-order valence-corrected chi connectivity index (χ2v) is 6.05. The third kappa shape index (κ3) is 3.57. The van der Waals surface area contributed by atoms with Crippen molar-refractivity contribution < 1.29 is 4.79 Å². The van der Waals surface area contributed by atoms with Crippen LogP contribution in [0.25, 0.3) is 0 Å². The molecule has 0 bridgehead atoms. The molecule has 1 amide bonds. The van der Waals surface area contributed by atoms with Gasteiger partial charge in [0.05, 0.1) is 11.7 Å². The van der Waals surface area contributed by atoms with Crippen molar-refractivity contribution in [2.75, 3.05) is 0 Å². The first-order valence-electron chi connectivity index (χ1n) is 8.02. The van der Waals surface area contributed by atoms with Crippen molar-refractivity contribution in [3.05, 3.63) is 40.7 Å². The van der Waals surface area contributed by atoms with Crippen LogP contribution in [0.15, 0.2) is 12.3 Å². The number of nitrogens with zero attached hydrogens (tertiary/aromatic N) is 4. The molecule has 6 nitrogen and oxygen atoms in total. The van der Waals surface area contributed by atoms with Crippen LogP contribution >= 0.6 is 0 Å². The van der Waals surface area contributed by atoms with Gasteiger partial charge in [0, 0.05) is 29.9 Å². The van der Waals surface area contributed by atoms with Crippen LogP contribution in [-0.4, -0.2) is 25.7 Å². The minimum absolute atomic E-state index is 0.125. The topological polar surface area (TPSA) is 72.7 Å². The highest BCUT2D eigenvalue weighted by Crippen LogP contribution is 2.21. The third-order valence-corrected chi connectivity index (χ3v) is 3.94. The number of carbonyl (C=O) groups excluding carboxylic acids is 1. The Kier molecular flexibility index (Phi) is 5.13. The first-order chi connectivity index (χ1) is 10.8. The van der Waals surface area contributed by atoms with Crippen molar-refractivity contribution in [3.8, 4) is 0 Å². The van der Waals surface area contributed by atoms with Crippen LogP contribution in [0.4, 0.5) is 0 Å². The van der Waals surface area contributed by atoms with E-state index in [2.05, 4.69) is 27.3 Å². The summed E-state index contributed by atoms with van der Waals surface area (Å²) in [6.45, 7) is 12.9. The summed E-state index contributed by atoms with van der Waals surface area (Å²) in [7, 11) is 0. The molecule has 2 aromatic rings. The average molecular weight is 315 g/mol. The summed E-state index contributed by atoms with van der Waals surface area (Å²) >= 11 is 0. The van der Waals surface area contributed by atoms with Crippen molar-refractivity contribution in [2.24, 2.45) is 0 Å². The molecule has 2 rings (SSSR count). The third-order valence-electron chi connectivity index (χ3n) is 3.94. The molecule has 0 fully saturated rings. The normalized spacial score (nSPS) is 12.5. The molecular formula is C17H25N5O. The van der Waals surface area contributed by atoms with Crippen LogP contribution in [0.1, 0.15) is 72.9 Å². The maximum Gasteiger partial charge on any atom is 0.270 e. The van der Waals surface area contributed by atoms with Crippen molar-refractivity contribution >= 4 is 5.91 Å². The minimum atomic E-state index is -0.190. The molecule has 124 valence electrons. The van der Waals surface area contributed by atoms with Crippen LogP contribution in [0, 0.1) is 13.8 Å². The van der Waals surface area contributed by atoms with Gasteiger partial charge in [-0.1, -0.05) is 13.8 Å². The van der Waals surface area contributed by atoms with E-state index < -0.39 is 0 Å². The minimum Gasteiger partial charge on any atom is -0.344 e. The van der Waals surface area contributed by atoms with Crippen molar-refractivity contribution in [2.45, 2.75) is 60.0 Å². The largest absolute Gasteiger partial charge is 0.344 e. The zero-order valence-electron chi connectivity index (χ0n) is 14.7. The Morgan fingerprint density at radius 3 is 2.57 bits per heavy atom. The Hall–Kier alpha value is -2.24. The van der Waals surface area contributed by atoms with E-state index in [1.807, 2.05) is 39.3 Å². The zero-order valence-corrected chi connectivity index (χ0v) is 14.7. The molecule has 0 saturated carbocycles. The Balaban J connectivity index is 2.20. The number of hydrogen-bond donors (Lipinski definition) is 1. The molecule has 2 aromatic heterocycles. The number of carbonyl (C=O) groups is 1. The van der Waals surface area contributed by atoms with Gasteiger partial charge in [-0.05, 0) is 33.8 Å². The Morgan fingerprint density at radius 2 is 2.00 bits per heavy atom. The van der Waals surface area contributed by atoms with Gasteiger partial charge in [-0.2, -0.15) is 5.10 Å². The maximum atomic E-state index is 12.5. The van der Waals surface area contributed by atoms with E-state index in [4.69, 9.17) is 0 Å². The lowest BCUT2D eigenvalue weighted by Gasteiger charge is -2.15. The lowest BCUT2D eigenvalue weighted by molar-refractivity contribution is 0.0934. The summed E-state index contributed by atoms with van der Waals surface area (Å²) in [6.07, 6.45) is 1.63. The molecule has 0 aliphatic heterocycles. The summed E-state index contributed by atoms with van der Waals surface area (Å²) in [5.74, 6) is 0.675. The summed E-state index contributed by atoms with van der Waals surface area (Å²) in [5.41, 5.74) is 3.50. The quantitative estimate of drug-likeness (QED) is 0.920. The highest BCUT2D eigenvalue weighted by molar-refractivity contribution is 5.92. The van der Waals surface area contributed by atoms with Crippen LogP contribution in [-0.2, 0) is 6.54 Å². The number of aromatic nitrogens is 4. The van der Waals surface area contributed by atoms with Gasteiger partial charge in [-0.25, -0.2) is 9.97 Å². The molecule has 0 spiro atoms. The van der Waals surface area contributed by atoms with Gasteiger partial charge in [0.2, 0.25) is 0 Å². The molecule has 0 radical (unpaired) electrons. The fourth-order valence-electron chi connectivity index (χ4n) is 2.77. The molecular weight excluding hydrogens is 290 g/mol. The van der Waals surface area contributed by atoms with Gasteiger partial charge < -0.3 is 5.32 Å². The van der Waals surface area contributed by atoms with Crippen LogP contribution in [0.2, 0.25) is 0 Å². The highest BCUT2D eigenvalue weighted by Gasteiger charge is 2.20. The Morgan fingerprint density at radius 1 is 1.30 bits per heavy atom. The van der Waals surface area contributed by atoms with Gasteiger partial charge in [0.1, 0.15) is 11.5 Å². The average Bonchev–Trinajstić information content (AvgIpc) is 2.81. The summed E-state index contributed by atoms with van der Waals surface area (Å²) in [5, 5.41) is 7.52. The molecule has 1 N–H and O–H groups in total. The molecule has 0 aliphatic rings. The Bertz CT molecular complexity index is 705. The number of rotatable bonds is 5. The van der Waals surface area contributed by atoms with E-state index in [1.165, 1.54) is 0 Å². The second-order valence-electron chi connectivity index (χ2n) is 6.05. The van der Waals surface area contributed by atoms with Crippen LogP contribution in [0.3, 0.4) is 0 Å². The van der Waals surface area contributed by atoms with E-state index in [9.17, 15) is 4.79 Å². The second kappa shape index (κ2) is 6.89. The lowest BCUT2D eigenvalue weighted by Crippen LogP contribution is -2.28. The van der Waals surface area contributed by atoms with Gasteiger partial charge in [-0.15, -0.1) is 0 Å². The zero-order chi connectivity index (χ0) is 17.1. The maximum absolute atomic E-state index is 12.5. The van der Waals surface area contributed by atoms with Crippen molar-refractivity contribution in [1.82, 2.24) is 25.1 Å². The van der Waals surface area contributed by atoms with Crippen LogP contribution in [0.5, 0.6) is 0 Å². The van der Waals surface area contributed by atoms with Gasteiger partial charge in [-0.3, -0.25) is 9.48 Å². The summed E-state index contributed by atoms with van der Waals surface area (Å²) in [6, 6.07) is 1.52.